The summed E-state index contributed by atoms with van der Waals surface area (Å²) in [6, 6.07) is 7.88. The number of ether oxygens (including phenoxy) is 1. The second-order valence-electron chi connectivity index (χ2n) is 5.74. The number of aromatic nitrogens is 5. The minimum Gasteiger partial charge on any atom is -0.483 e. The fourth-order valence-electron chi connectivity index (χ4n) is 2.39. The number of hydrogen-bond acceptors (Lipinski definition) is 8. The van der Waals surface area contributed by atoms with E-state index in [1.807, 2.05) is 49.6 Å². The number of nitrogens with zero attached hydrogens (tertiary/aromatic N) is 5. The standard InChI is InChI=1S/C17H20N6O2S2/c1-4-23-15(12(3)25-13-7-5-11(2)6-8-13)20-22-17(23)26-9-14(24)19-16-21-18-10-27-16/h5-8,10,12H,4,9H2,1-3H3,(H,19,21,24). The highest BCUT2D eigenvalue weighted by atomic mass is 32.2. The average Bonchev–Trinajstić information content (AvgIpc) is 3.31. The van der Waals surface area contributed by atoms with Gasteiger partial charge in [0, 0.05) is 6.54 Å². The number of benzene rings is 1. The monoisotopic (exact) mass is 404 g/mol. The summed E-state index contributed by atoms with van der Waals surface area (Å²) < 4.78 is 7.94. The number of hydrogen-bond donors (Lipinski definition) is 1. The molecule has 1 unspecified atom stereocenters. The highest BCUT2D eigenvalue weighted by Gasteiger charge is 2.19. The van der Waals surface area contributed by atoms with Crippen molar-refractivity contribution < 1.29 is 9.53 Å². The molecule has 2 aromatic heterocycles. The van der Waals surface area contributed by atoms with Gasteiger partial charge in [-0.25, -0.2) is 0 Å². The molecule has 3 aromatic rings. The van der Waals surface area contributed by atoms with Gasteiger partial charge in [-0.15, -0.1) is 20.4 Å². The van der Waals surface area contributed by atoms with E-state index in [2.05, 4.69) is 25.7 Å². The van der Waals surface area contributed by atoms with E-state index in [4.69, 9.17) is 4.74 Å². The molecule has 0 saturated heterocycles. The zero-order valence-electron chi connectivity index (χ0n) is 15.2. The first-order valence-electron chi connectivity index (χ1n) is 8.42. The number of amides is 1. The fourth-order valence-corrected chi connectivity index (χ4v) is 3.66. The summed E-state index contributed by atoms with van der Waals surface area (Å²) in [5.74, 6) is 1.56. The molecule has 3 rings (SSSR count). The van der Waals surface area contributed by atoms with E-state index in [-0.39, 0.29) is 17.8 Å². The minimum atomic E-state index is -0.260. The Balaban J connectivity index is 1.63. The van der Waals surface area contributed by atoms with Gasteiger partial charge < -0.3 is 9.30 Å². The fraction of sp³-hybridized carbons (Fsp3) is 0.353. The van der Waals surface area contributed by atoms with Crippen LogP contribution in [0, 0.1) is 6.92 Å². The van der Waals surface area contributed by atoms with Crippen molar-refractivity contribution in [2.45, 2.75) is 38.6 Å². The first-order chi connectivity index (χ1) is 13.1. The Kier molecular flexibility index (Phi) is 6.40. The Hall–Kier alpha value is -2.46. The number of nitrogens with one attached hydrogen (secondary N) is 1. The molecule has 1 atom stereocenters. The molecule has 0 aliphatic rings. The van der Waals surface area contributed by atoms with Crippen LogP contribution >= 0.6 is 23.1 Å². The van der Waals surface area contributed by atoms with Crippen molar-refractivity contribution in [1.82, 2.24) is 25.0 Å². The van der Waals surface area contributed by atoms with Crippen LogP contribution in [0.2, 0.25) is 0 Å². The van der Waals surface area contributed by atoms with E-state index in [0.29, 0.717) is 16.8 Å². The highest BCUT2D eigenvalue weighted by Crippen LogP contribution is 2.25. The van der Waals surface area contributed by atoms with Crippen molar-refractivity contribution in [2.75, 3.05) is 11.1 Å². The van der Waals surface area contributed by atoms with Crippen molar-refractivity contribution >= 4 is 34.1 Å². The molecule has 10 heteroatoms. The number of carbonyl (C=O) groups excluding carboxylic acids is 1. The maximum Gasteiger partial charge on any atom is 0.236 e. The number of carbonyl (C=O) groups is 1. The second kappa shape index (κ2) is 8.96. The van der Waals surface area contributed by atoms with E-state index in [9.17, 15) is 4.79 Å². The Morgan fingerprint density at radius 2 is 2.07 bits per heavy atom. The quantitative estimate of drug-likeness (QED) is 0.575. The van der Waals surface area contributed by atoms with E-state index in [1.54, 1.807) is 5.51 Å². The zero-order chi connectivity index (χ0) is 19.2. The van der Waals surface area contributed by atoms with Crippen molar-refractivity contribution in [3.05, 3.63) is 41.2 Å². The van der Waals surface area contributed by atoms with Crippen LogP contribution in [0.1, 0.15) is 31.3 Å². The lowest BCUT2D eigenvalue weighted by molar-refractivity contribution is -0.113. The van der Waals surface area contributed by atoms with Crippen LogP contribution in [-0.4, -0.2) is 36.6 Å². The van der Waals surface area contributed by atoms with E-state index in [1.165, 1.54) is 28.7 Å². The summed E-state index contributed by atoms with van der Waals surface area (Å²) >= 11 is 2.60. The Labute approximate surface area is 165 Å². The largest absolute Gasteiger partial charge is 0.483 e. The molecule has 142 valence electrons. The molecule has 0 bridgehead atoms. The van der Waals surface area contributed by atoms with Gasteiger partial charge in [-0.1, -0.05) is 40.8 Å². The Morgan fingerprint density at radius 1 is 1.30 bits per heavy atom. The topological polar surface area (TPSA) is 94.8 Å². The molecule has 0 saturated carbocycles. The van der Waals surface area contributed by atoms with Gasteiger partial charge in [-0.3, -0.25) is 10.1 Å². The van der Waals surface area contributed by atoms with E-state index in [0.717, 1.165) is 11.6 Å². The summed E-state index contributed by atoms with van der Waals surface area (Å²) in [4.78, 5) is 12.0. The van der Waals surface area contributed by atoms with Gasteiger partial charge in [-0.2, -0.15) is 0 Å². The van der Waals surface area contributed by atoms with Gasteiger partial charge >= 0.3 is 0 Å². The van der Waals surface area contributed by atoms with Crippen LogP contribution in [0.4, 0.5) is 5.13 Å². The summed E-state index contributed by atoms with van der Waals surface area (Å²) in [5, 5.41) is 19.8. The molecule has 0 aliphatic heterocycles. The van der Waals surface area contributed by atoms with Gasteiger partial charge in [-0.05, 0) is 32.9 Å². The molecule has 27 heavy (non-hydrogen) atoms. The molecule has 0 spiro atoms. The highest BCUT2D eigenvalue weighted by molar-refractivity contribution is 7.99. The van der Waals surface area contributed by atoms with Crippen molar-refractivity contribution in [1.29, 1.82) is 0 Å². The second-order valence-corrected chi connectivity index (χ2v) is 7.51. The third-order valence-corrected chi connectivity index (χ3v) is 5.27. The first-order valence-corrected chi connectivity index (χ1v) is 10.3. The SMILES string of the molecule is CCn1c(SCC(=O)Nc2nncs2)nnc1C(C)Oc1ccc(C)cc1. The number of thioether (sulfide) groups is 1. The first kappa shape index (κ1) is 19.3. The maximum absolute atomic E-state index is 12.0. The third kappa shape index (κ3) is 5.04. The van der Waals surface area contributed by atoms with Gasteiger partial charge in [0.2, 0.25) is 11.0 Å². The van der Waals surface area contributed by atoms with E-state index >= 15 is 0 Å². The lowest BCUT2D eigenvalue weighted by Gasteiger charge is -2.15. The number of rotatable bonds is 8. The van der Waals surface area contributed by atoms with Crippen LogP contribution in [0.25, 0.3) is 0 Å². The predicted molar refractivity (Wildman–Crippen MR) is 105 cm³/mol. The average molecular weight is 405 g/mol. The van der Waals surface area contributed by atoms with Gasteiger partial charge in [0.25, 0.3) is 0 Å². The van der Waals surface area contributed by atoms with Crippen molar-refractivity contribution in [2.24, 2.45) is 0 Å². The molecule has 8 nitrogen and oxygen atoms in total. The Bertz CT molecular complexity index is 879. The van der Waals surface area contributed by atoms with Crippen LogP contribution in [0.3, 0.4) is 0 Å². The zero-order valence-corrected chi connectivity index (χ0v) is 16.9. The molecule has 1 N–H and O–H groups in total. The van der Waals surface area contributed by atoms with Crippen molar-refractivity contribution in [3.8, 4) is 5.75 Å². The smallest absolute Gasteiger partial charge is 0.236 e. The third-order valence-electron chi connectivity index (χ3n) is 3.70. The molecule has 0 radical (unpaired) electrons. The van der Waals surface area contributed by atoms with Crippen LogP contribution < -0.4 is 10.1 Å². The number of anilines is 1. The lowest BCUT2D eigenvalue weighted by Crippen LogP contribution is -2.15. The lowest BCUT2D eigenvalue weighted by atomic mass is 10.2. The molecule has 0 fully saturated rings. The normalized spacial score (nSPS) is 12.0. The summed E-state index contributed by atoms with van der Waals surface area (Å²) in [6.07, 6.45) is -0.260. The predicted octanol–water partition coefficient (Wildman–Crippen LogP) is 3.33. The summed E-state index contributed by atoms with van der Waals surface area (Å²) in [6.45, 7) is 6.67. The Morgan fingerprint density at radius 3 is 2.74 bits per heavy atom. The van der Waals surface area contributed by atoms with Gasteiger partial charge in [0.1, 0.15) is 11.3 Å². The maximum atomic E-state index is 12.0. The molecule has 1 amide bonds. The van der Waals surface area contributed by atoms with Gasteiger partial charge in [0.15, 0.2) is 17.1 Å². The molecule has 2 heterocycles. The minimum absolute atomic E-state index is 0.159. The molecule has 1 aromatic carbocycles. The van der Waals surface area contributed by atoms with Crippen LogP contribution in [0.15, 0.2) is 34.9 Å². The van der Waals surface area contributed by atoms with Gasteiger partial charge in [0.05, 0.1) is 5.75 Å². The van der Waals surface area contributed by atoms with Crippen LogP contribution in [0.5, 0.6) is 5.75 Å². The van der Waals surface area contributed by atoms with Crippen LogP contribution in [-0.2, 0) is 11.3 Å². The van der Waals surface area contributed by atoms with E-state index < -0.39 is 0 Å². The molecular weight excluding hydrogens is 384 g/mol. The number of aryl methyl sites for hydroxylation is 1. The molecule has 0 aliphatic carbocycles. The summed E-state index contributed by atoms with van der Waals surface area (Å²) in [5.41, 5.74) is 2.75. The molecular formula is C17H20N6O2S2. The summed E-state index contributed by atoms with van der Waals surface area (Å²) in [7, 11) is 0. The van der Waals surface area contributed by atoms with Crippen molar-refractivity contribution in [3.63, 3.8) is 0 Å².